The molecule has 0 radical (unpaired) electrons. The third kappa shape index (κ3) is 4.44. The summed E-state index contributed by atoms with van der Waals surface area (Å²) in [5, 5.41) is 15.8. The molecule has 0 unspecified atom stereocenters. The first kappa shape index (κ1) is 21.0. The maximum absolute atomic E-state index is 12.6. The van der Waals surface area contributed by atoms with Crippen molar-refractivity contribution in [1.82, 2.24) is 15.0 Å². The van der Waals surface area contributed by atoms with E-state index in [0.717, 1.165) is 16.6 Å². The van der Waals surface area contributed by atoms with E-state index in [0.29, 0.717) is 22.6 Å². The number of carbonyl (C=O) groups excluding carboxylic acids is 1. The van der Waals surface area contributed by atoms with Gasteiger partial charge in [-0.2, -0.15) is 0 Å². The molecule has 0 saturated heterocycles. The van der Waals surface area contributed by atoms with Gasteiger partial charge in [0.15, 0.2) is 0 Å². The molecule has 4 rings (SSSR count). The number of carbonyl (C=O) groups is 1. The summed E-state index contributed by atoms with van der Waals surface area (Å²) in [6.45, 7) is 6.02. The lowest BCUT2D eigenvalue weighted by Gasteiger charge is -2.23. The zero-order valence-electron chi connectivity index (χ0n) is 18.2. The molecule has 0 bridgehead atoms. The van der Waals surface area contributed by atoms with Crippen LogP contribution in [-0.2, 0) is 0 Å². The number of H-pyrrole nitrogens is 1. The normalized spacial score (nSPS) is 11.3. The van der Waals surface area contributed by atoms with Gasteiger partial charge >= 0.3 is 0 Å². The quantitative estimate of drug-likeness (QED) is 0.301. The molecule has 32 heavy (non-hydrogen) atoms. The minimum absolute atomic E-state index is 0.196. The first-order valence-electron chi connectivity index (χ1n) is 10.2. The molecule has 0 saturated carbocycles. The van der Waals surface area contributed by atoms with E-state index in [9.17, 15) is 4.79 Å². The van der Waals surface area contributed by atoms with Gasteiger partial charge in [-0.3, -0.25) is 10.2 Å². The summed E-state index contributed by atoms with van der Waals surface area (Å²) < 4.78 is 0. The number of nitrogen functional groups attached to an aromatic ring is 1. The summed E-state index contributed by atoms with van der Waals surface area (Å²) in [4.78, 5) is 24.1. The van der Waals surface area contributed by atoms with Crippen molar-refractivity contribution >= 4 is 39.8 Å². The van der Waals surface area contributed by atoms with Crippen LogP contribution in [0.1, 0.15) is 42.4 Å². The molecule has 2 aromatic carbocycles. The van der Waals surface area contributed by atoms with Gasteiger partial charge in [-0.15, -0.1) is 0 Å². The second kappa shape index (κ2) is 8.14. The predicted molar refractivity (Wildman–Crippen MR) is 128 cm³/mol. The molecule has 0 fully saturated rings. The number of aromatic nitrogens is 3. The van der Waals surface area contributed by atoms with Crippen LogP contribution in [0.2, 0.25) is 0 Å². The second-order valence-electron chi connectivity index (χ2n) is 8.54. The highest BCUT2D eigenvalue weighted by Crippen LogP contribution is 2.26. The Bertz CT molecular complexity index is 1300. The molecule has 8 nitrogen and oxygen atoms in total. The maximum atomic E-state index is 12.6. The van der Waals surface area contributed by atoms with Crippen molar-refractivity contribution in [2.45, 2.75) is 26.3 Å². The molecule has 6 N–H and O–H groups in total. The molecule has 0 atom stereocenters. The average molecular weight is 428 g/mol. The number of hydrogen-bond donors (Lipinski definition) is 5. The van der Waals surface area contributed by atoms with Gasteiger partial charge in [0.1, 0.15) is 23.7 Å². The fourth-order valence-corrected chi connectivity index (χ4v) is 3.36. The SMILES string of the molecule is CC(C)(C)Nc1ncnc(N)c1C(=N)c1ccc2cc(C(=O)Nc3ccccc3)[nH]c2c1. The van der Waals surface area contributed by atoms with E-state index in [1.165, 1.54) is 6.33 Å². The topological polar surface area (TPSA) is 133 Å². The van der Waals surface area contributed by atoms with Crippen molar-refractivity contribution in [2.75, 3.05) is 16.4 Å². The lowest BCUT2D eigenvalue weighted by atomic mass is 10.0. The number of fused-ring (bicyclic) bond motifs is 1. The molecule has 0 aliphatic heterocycles. The highest BCUT2D eigenvalue weighted by Gasteiger charge is 2.20. The molecule has 162 valence electrons. The van der Waals surface area contributed by atoms with Crippen molar-refractivity contribution in [3.8, 4) is 0 Å². The number of hydrogen-bond acceptors (Lipinski definition) is 6. The van der Waals surface area contributed by atoms with Gasteiger partial charge in [-0.1, -0.05) is 30.3 Å². The van der Waals surface area contributed by atoms with E-state index in [1.807, 2.05) is 69.3 Å². The minimum atomic E-state index is -0.264. The average Bonchev–Trinajstić information content (AvgIpc) is 3.17. The van der Waals surface area contributed by atoms with Gasteiger partial charge in [0.2, 0.25) is 0 Å². The highest BCUT2D eigenvalue weighted by atomic mass is 16.1. The van der Waals surface area contributed by atoms with Crippen molar-refractivity contribution in [2.24, 2.45) is 0 Å². The van der Waals surface area contributed by atoms with Crippen molar-refractivity contribution in [3.05, 3.63) is 77.7 Å². The highest BCUT2D eigenvalue weighted by molar-refractivity contribution is 6.17. The summed E-state index contributed by atoms with van der Waals surface area (Å²) >= 11 is 0. The number of rotatable bonds is 5. The molecule has 8 heteroatoms. The second-order valence-corrected chi connectivity index (χ2v) is 8.54. The van der Waals surface area contributed by atoms with E-state index in [1.54, 1.807) is 6.07 Å². The predicted octanol–water partition coefficient (Wildman–Crippen LogP) is 4.42. The van der Waals surface area contributed by atoms with E-state index in [-0.39, 0.29) is 23.0 Å². The monoisotopic (exact) mass is 427 g/mol. The summed E-state index contributed by atoms with van der Waals surface area (Å²) in [5.74, 6) is 0.497. The Morgan fingerprint density at radius 2 is 1.81 bits per heavy atom. The third-order valence-corrected chi connectivity index (χ3v) is 4.81. The number of nitrogens with one attached hydrogen (secondary N) is 4. The Balaban J connectivity index is 1.65. The lowest BCUT2D eigenvalue weighted by Crippen LogP contribution is -2.28. The van der Waals surface area contributed by atoms with Gasteiger partial charge in [-0.05, 0) is 45.0 Å². The van der Waals surface area contributed by atoms with Gasteiger partial charge in [0.25, 0.3) is 5.91 Å². The van der Waals surface area contributed by atoms with E-state index >= 15 is 0 Å². The van der Waals surface area contributed by atoms with Crippen LogP contribution in [0.4, 0.5) is 17.3 Å². The number of amides is 1. The summed E-state index contributed by atoms with van der Waals surface area (Å²) in [6.07, 6.45) is 1.38. The Labute approximate surface area is 185 Å². The van der Waals surface area contributed by atoms with Crippen LogP contribution in [0.5, 0.6) is 0 Å². The Morgan fingerprint density at radius 3 is 2.53 bits per heavy atom. The summed E-state index contributed by atoms with van der Waals surface area (Å²) in [5.41, 5.74) is 9.02. The number of benzene rings is 2. The summed E-state index contributed by atoms with van der Waals surface area (Å²) in [7, 11) is 0. The van der Waals surface area contributed by atoms with E-state index < -0.39 is 0 Å². The summed E-state index contributed by atoms with van der Waals surface area (Å²) in [6, 6.07) is 16.6. The number of aromatic amines is 1. The zero-order chi connectivity index (χ0) is 22.9. The molecule has 2 heterocycles. The molecule has 0 spiro atoms. The first-order valence-corrected chi connectivity index (χ1v) is 10.2. The smallest absolute Gasteiger partial charge is 0.272 e. The molecule has 1 amide bonds. The largest absolute Gasteiger partial charge is 0.383 e. The van der Waals surface area contributed by atoms with Gasteiger partial charge < -0.3 is 21.4 Å². The number of para-hydroxylation sites is 1. The minimum Gasteiger partial charge on any atom is -0.383 e. The van der Waals surface area contributed by atoms with Crippen LogP contribution in [0.15, 0.2) is 60.9 Å². The van der Waals surface area contributed by atoms with Crippen LogP contribution in [0.25, 0.3) is 10.9 Å². The maximum Gasteiger partial charge on any atom is 0.272 e. The number of anilines is 3. The molecule has 2 aromatic heterocycles. The number of nitrogens with two attached hydrogens (primary N) is 1. The van der Waals surface area contributed by atoms with Gasteiger partial charge in [-0.25, -0.2) is 9.97 Å². The molecule has 0 aliphatic carbocycles. The van der Waals surface area contributed by atoms with Crippen LogP contribution in [0.3, 0.4) is 0 Å². The Kier molecular flexibility index (Phi) is 5.36. The van der Waals surface area contributed by atoms with Crippen molar-refractivity contribution in [3.63, 3.8) is 0 Å². The molecule has 4 aromatic rings. The molecular formula is C24H25N7O. The standard InChI is InChI=1S/C24H25N7O/c1-24(2,3)31-22-19(21(26)27-13-28-22)20(25)15-10-9-14-11-18(30-17(14)12-15)23(32)29-16-7-5-4-6-8-16/h4-13,25,30H,1-3H3,(H,29,32)(H3,26,27,28,31). The van der Waals surface area contributed by atoms with Gasteiger partial charge in [0, 0.05) is 27.7 Å². The van der Waals surface area contributed by atoms with E-state index in [4.69, 9.17) is 11.1 Å². The fraction of sp³-hybridized carbons (Fsp3) is 0.167. The molecule has 0 aliphatic rings. The van der Waals surface area contributed by atoms with Crippen LogP contribution in [0, 0.1) is 5.41 Å². The Hall–Kier alpha value is -4.20. The zero-order valence-corrected chi connectivity index (χ0v) is 18.2. The first-order chi connectivity index (χ1) is 15.2. The van der Waals surface area contributed by atoms with Crippen molar-refractivity contribution in [1.29, 1.82) is 5.41 Å². The number of nitrogens with zero attached hydrogens (tertiary/aromatic N) is 2. The van der Waals surface area contributed by atoms with E-state index in [2.05, 4.69) is 25.6 Å². The third-order valence-electron chi connectivity index (χ3n) is 4.81. The fourth-order valence-electron chi connectivity index (χ4n) is 3.36. The van der Waals surface area contributed by atoms with Gasteiger partial charge in [0.05, 0.1) is 11.3 Å². The lowest BCUT2D eigenvalue weighted by molar-refractivity contribution is 0.102. The van der Waals surface area contributed by atoms with Crippen LogP contribution in [-0.4, -0.2) is 32.1 Å². The van der Waals surface area contributed by atoms with Crippen molar-refractivity contribution < 1.29 is 4.79 Å². The molecular weight excluding hydrogens is 402 g/mol. The van der Waals surface area contributed by atoms with Crippen LogP contribution < -0.4 is 16.4 Å². The van der Waals surface area contributed by atoms with Crippen LogP contribution >= 0.6 is 0 Å². The Morgan fingerprint density at radius 1 is 1.06 bits per heavy atom.